The monoisotopic (exact) mass is 458 g/mol. The van der Waals surface area contributed by atoms with Crippen molar-refractivity contribution in [3.8, 4) is 5.75 Å². The van der Waals surface area contributed by atoms with E-state index in [-0.39, 0.29) is 36.0 Å². The Morgan fingerprint density at radius 1 is 0.969 bits per heavy atom. The van der Waals surface area contributed by atoms with Gasteiger partial charge in [0.05, 0.1) is 19.8 Å². The number of rotatable bonds is 7. The van der Waals surface area contributed by atoms with E-state index in [0.717, 1.165) is 22.7 Å². The lowest BCUT2D eigenvalue weighted by molar-refractivity contribution is -0.121. The Kier molecular flexibility index (Phi) is 9.20. The van der Waals surface area contributed by atoms with E-state index < -0.39 is 11.6 Å². The van der Waals surface area contributed by atoms with Crippen LogP contribution in [-0.4, -0.2) is 19.0 Å². The summed E-state index contributed by atoms with van der Waals surface area (Å²) in [6.07, 6.45) is 0.904. The van der Waals surface area contributed by atoms with E-state index in [1.165, 1.54) is 0 Å². The van der Waals surface area contributed by atoms with E-state index in [4.69, 9.17) is 21.1 Å². The first-order valence-corrected chi connectivity index (χ1v) is 10.8. The number of halogens is 3. The van der Waals surface area contributed by atoms with Crippen molar-refractivity contribution in [2.45, 2.75) is 25.9 Å². The van der Waals surface area contributed by atoms with Crippen molar-refractivity contribution in [1.82, 2.24) is 0 Å². The third kappa shape index (κ3) is 7.43. The minimum atomic E-state index is -0.560. The highest BCUT2D eigenvalue weighted by Crippen LogP contribution is 2.33. The molecule has 1 heterocycles. The predicted octanol–water partition coefficient (Wildman–Crippen LogP) is 6.42. The molecular formula is C26H25ClF2O3. The molecule has 0 spiro atoms. The number of benzene rings is 3. The topological polar surface area (TPSA) is 35.5 Å². The zero-order valence-corrected chi connectivity index (χ0v) is 18.4. The second kappa shape index (κ2) is 12.3. The lowest BCUT2D eigenvalue weighted by Crippen LogP contribution is -2.25. The van der Waals surface area contributed by atoms with E-state index in [1.54, 1.807) is 0 Å². The van der Waals surface area contributed by atoms with Crippen molar-refractivity contribution in [3.05, 3.63) is 101 Å². The molecule has 3 nitrogen and oxygen atoms in total. The molecule has 0 bridgehead atoms. The van der Waals surface area contributed by atoms with Crippen LogP contribution in [-0.2, 0) is 22.6 Å². The number of Topliss-reactive ketones (excluding diaryl/α,β-unsaturated/α-hetero) is 1. The summed E-state index contributed by atoms with van der Waals surface area (Å²) in [5, 5.41) is 0.794. The Morgan fingerprint density at radius 2 is 1.62 bits per heavy atom. The molecule has 168 valence electrons. The number of carbonyl (C=O) groups is 1. The van der Waals surface area contributed by atoms with Crippen LogP contribution in [0, 0.1) is 17.6 Å². The minimum Gasteiger partial charge on any atom is -0.490 e. The molecule has 0 aromatic heterocycles. The largest absolute Gasteiger partial charge is 0.490 e. The molecule has 0 N–H and O–H groups in total. The third-order valence-electron chi connectivity index (χ3n) is 5.00. The van der Waals surface area contributed by atoms with Gasteiger partial charge in [-0.1, -0.05) is 60.1 Å². The average molecular weight is 459 g/mol. The van der Waals surface area contributed by atoms with Gasteiger partial charge in [-0.2, -0.15) is 0 Å². The fourth-order valence-corrected chi connectivity index (χ4v) is 3.54. The van der Waals surface area contributed by atoms with Crippen LogP contribution in [0.2, 0.25) is 5.02 Å². The molecule has 4 rings (SSSR count). The van der Waals surface area contributed by atoms with Gasteiger partial charge in [0, 0.05) is 29.3 Å². The zero-order chi connectivity index (χ0) is 22.8. The lowest BCUT2D eigenvalue weighted by atomic mass is 9.91. The third-order valence-corrected chi connectivity index (χ3v) is 5.25. The van der Waals surface area contributed by atoms with Crippen LogP contribution in [0.1, 0.15) is 24.0 Å². The quantitative estimate of drug-likeness (QED) is 0.383. The van der Waals surface area contributed by atoms with Crippen molar-refractivity contribution < 1.29 is 23.0 Å². The fraction of sp³-hybridized carbons (Fsp3) is 0.269. The van der Waals surface area contributed by atoms with Crippen molar-refractivity contribution >= 4 is 17.4 Å². The number of hydrogen-bond donors (Lipinski definition) is 0. The molecule has 1 aliphatic heterocycles. The molecule has 0 saturated carbocycles. The van der Waals surface area contributed by atoms with Gasteiger partial charge in [0.15, 0.2) is 11.6 Å². The van der Waals surface area contributed by atoms with E-state index in [2.05, 4.69) is 0 Å². The van der Waals surface area contributed by atoms with E-state index >= 15 is 0 Å². The highest BCUT2D eigenvalue weighted by Gasteiger charge is 2.26. The molecule has 6 heteroatoms. The first-order valence-electron chi connectivity index (χ1n) is 10.5. The molecule has 0 radical (unpaired) electrons. The van der Waals surface area contributed by atoms with Crippen molar-refractivity contribution in [3.63, 3.8) is 0 Å². The van der Waals surface area contributed by atoms with E-state index in [1.807, 2.05) is 60.7 Å². The van der Waals surface area contributed by atoms with Gasteiger partial charge in [-0.25, -0.2) is 8.78 Å². The summed E-state index contributed by atoms with van der Waals surface area (Å²) in [7, 11) is 0. The molecule has 1 aliphatic rings. The van der Waals surface area contributed by atoms with Gasteiger partial charge >= 0.3 is 0 Å². The number of ketones is 1. The van der Waals surface area contributed by atoms with Gasteiger partial charge in [-0.3, -0.25) is 4.79 Å². The number of hydrogen-bond acceptors (Lipinski definition) is 3. The summed E-state index contributed by atoms with van der Waals surface area (Å²) in [5.41, 5.74) is 1.29. The van der Waals surface area contributed by atoms with Crippen LogP contribution in [0.4, 0.5) is 8.78 Å². The minimum absolute atomic E-state index is 0.0186. The zero-order valence-electron chi connectivity index (χ0n) is 17.6. The van der Waals surface area contributed by atoms with Gasteiger partial charge in [0.1, 0.15) is 11.6 Å². The van der Waals surface area contributed by atoms with Crippen LogP contribution in [0.15, 0.2) is 72.8 Å². The summed E-state index contributed by atoms with van der Waals surface area (Å²) in [6, 6.07) is 21.3. The normalized spacial score (nSPS) is 14.5. The van der Waals surface area contributed by atoms with Gasteiger partial charge in [-0.05, 0) is 36.2 Å². The maximum absolute atomic E-state index is 13.8. The smallest absolute Gasteiger partial charge is 0.165 e. The molecule has 32 heavy (non-hydrogen) atoms. The molecule has 3 aromatic carbocycles. The second-order valence-electron chi connectivity index (χ2n) is 7.54. The number of ether oxygens (including phenoxy) is 2. The summed E-state index contributed by atoms with van der Waals surface area (Å²) in [5.74, 6) is -1.16. The van der Waals surface area contributed by atoms with Crippen molar-refractivity contribution in [2.24, 2.45) is 5.92 Å². The summed E-state index contributed by atoms with van der Waals surface area (Å²) in [4.78, 5) is 12.1. The standard InChI is InChI=1S/C20H20F2O3.C6H5Cl/c21-18-6-7-19(22)20-17(18)11-15(13-25-20)10-16(23)8-9-24-12-14-4-2-1-3-5-14;7-6-4-2-1-3-5-6/h1-7,15H,8-13H2;1-5H. The number of carbonyl (C=O) groups excluding carboxylic acids is 1. The van der Waals surface area contributed by atoms with E-state index in [0.29, 0.717) is 26.1 Å². The Labute approximate surface area is 191 Å². The van der Waals surface area contributed by atoms with Gasteiger partial charge in [-0.15, -0.1) is 0 Å². The SMILES string of the molecule is Clc1ccccc1.O=C(CCOCc1ccccc1)CC1COc2c(F)ccc(F)c2C1. The summed E-state index contributed by atoms with van der Waals surface area (Å²) < 4.78 is 38.3. The summed E-state index contributed by atoms with van der Waals surface area (Å²) >= 11 is 5.54. The Bertz CT molecular complexity index is 997. The highest BCUT2D eigenvalue weighted by atomic mass is 35.5. The molecule has 0 saturated heterocycles. The molecule has 3 aromatic rings. The average Bonchev–Trinajstić information content (AvgIpc) is 2.81. The highest BCUT2D eigenvalue weighted by molar-refractivity contribution is 6.30. The molecular weight excluding hydrogens is 434 g/mol. The van der Waals surface area contributed by atoms with Gasteiger partial charge < -0.3 is 9.47 Å². The fourth-order valence-electron chi connectivity index (χ4n) is 3.39. The summed E-state index contributed by atoms with van der Waals surface area (Å²) in [6.45, 7) is 1.05. The first kappa shape index (κ1) is 23.9. The van der Waals surface area contributed by atoms with Crippen LogP contribution in [0.3, 0.4) is 0 Å². The Balaban J connectivity index is 0.000000352. The maximum atomic E-state index is 13.8. The van der Waals surface area contributed by atoms with Crippen molar-refractivity contribution in [1.29, 1.82) is 0 Å². The van der Waals surface area contributed by atoms with E-state index in [9.17, 15) is 13.6 Å². The predicted molar refractivity (Wildman–Crippen MR) is 121 cm³/mol. The molecule has 1 atom stereocenters. The maximum Gasteiger partial charge on any atom is 0.165 e. The molecule has 0 amide bonds. The van der Waals surface area contributed by atoms with Crippen LogP contribution < -0.4 is 4.74 Å². The lowest BCUT2D eigenvalue weighted by Gasteiger charge is -2.25. The Morgan fingerprint density at radius 3 is 2.28 bits per heavy atom. The van der Waals surface area contributed by atoms with Crippen LogP contribution >= 0.6 is 11.6 Å². The molecule has 0 aliphatic carbocycles. The molecule has 1 unspecified atom stereocenters. The number of fused-ring (bicyclic) bond motifs is 1. The second-order valence-corrected chi connectivity index (χ2v) is 7.98. The van der Waals surface area contributed by atoms with Crippen LogP contribution in [0.5, 0.6) is 5.75 Å². The van der Waals surface area contributed by atoms with Crippen molar-refractivity contribution in [2.75, 3.05) is 13.2 Å². The Hall–Kier alpha value is -2.76. The van der Waals surface area contributed by atoms with Crippen LogP contribution in [0.25, 0.3) is 0 Å². The van der Waals surface area contributed by atoms with Gasteiger partial charge in [0.2, 0.25) is 0 Å². The molecule has 0 fully saturated rings. The first-order chi connectivity index (χ1) is 15.5. The van der Waals surface area contributed by atoms with Gasteiger partial charge in [0.25, 0.3) is 0 Å².